The molecule has 70 valence electrons. The summed E-state index contributed by atoms with van der Waals surface area (Å²) in [5, 5.41) is 0.775. The van der Waals surface area contributed by atoms with Gasteiger partial charge in [-0.3, -0.25) is 4.79 Å². The fraction of sp³-hybridized carbons (Fsp3) is 0.889. The van der Waals surface area contributed by atoms with Gasteiger partial charge in [-0.05, 0) is 25.5 Å². The summed E-state index contributed by atoms with van der Waals surface area (Å²) in [7, 11) is 1.91. The lowest BCUT2D eigenvalue weighted by molar-refractivity contribution is -0.129. The minimum atomic E-state index is 0.196. The van der Waals surface area contributed by atoms with Gasteiger partial charge in [-0.15, -0.1) is 0 Å². The molecule has 1 amide bonds. The summed E-state index contributed by atoms with van der Waals surface area (Å²) in [5.74, 6) is 0.196. The van der Waals surface area contributed by atoms with Gasteiger partial charge in [0.25, 0.3) is 0 Å². The lowest BCUT2D eigenvalue weighted by atomic mass is 10.2. The normalized spacial score (nSPS) is 28.9. The van der Waals surface area contributed by atoms with Crippen molar-refractivity contribution in [3.05, 3.63) is 0 Å². The van der Waals surface area contributed by atoms with Crippen LogP contribution in [0.25, 0.3) is 0 Å². The van der Waals surface area contributed by atoms with Crippen molar-refractivity contribution in [3.63, 3.8) is 0 Å². The Morgan fingerprint density at radius 1 is 1.50 bits per heavy atom. The van der Waals surface area contributed by atoms with E-state index in [1.165, 1.54) is 19.3 Å². The number of carbonyl (C=O) groups excluding carboxylic acids is 1. The molecule has 0 aromatic heterocycles. The molecule has 0 saturated heterocycles. The topological polar surface area (TPSA) is 20.3 Å². The largest absolute Gasteiger partial charge is 0.343 e. The second-order valence-electron chi connectivity index (χ2n) is 3.45. The minimum absolute atomic E-state index is 0.196. The molecule has 0 aromatic rings. The summed E-state index contributed by atoms with van der Waals surface area (Å²) >= 11 is 1.93. The lowest BCUT2D eigenvalue weighted by Gasteiger charge is -2.22. The van der Waals surface area contributed by atoms with Crippen LogP contribution >= 0.6 is 11.8 Å². The van der Waals surface area contributed by atoms with E-state index >= 15 is 0 Å². The predicted octanol–water partition coefficient (Wildman–Crippen LogP) is 1.75. The second-order valence-corrected chi connectivity index (χ2v) is 4.59. The molecule has 0 spiro atoms. The maximum absolute atomic E-state index is 11.0. The zero-order chi connectivity index (χ0) is 9.14. The van der Waals surface area contributed by atoms with Crippen LogP contribution in [-0.4, -0.2) is 35.4 Å². The summed E-state index contributed by atoms with van der Waals surface area (Å²) in [6.07, 6.45) is 5.78. The average molecular weight is 187 g/mol. The standard InChI is InChI=1S/C9H17NOS/c1-7(11)10(2)8-4-5-9(6-8)12-3/h8-9H,4-6H2,1-3H3. The van der Waals surface area contributed by atoms with Crippen molar-refractivity contribution in [2.75, 3.05) is 13.3 Å². The first-order valence-corrected chi connectivity index (χ1v) is 5.70. The highest BCUT2D eigenvalue weighted by molar-refractivity contribution is 7.99. The van der Waals surface area contributed by atoms with E-state index < -0.39 is 0 Å². The lowest BCUT2D eigenvalue weighted by Crippen LogP contribution is -2.33. The zero-order valence-electron chi connectivity index (χ0n) is 8.04. The van der Waals surface area contributed by atoms with Gasteiger partial charge >= 0.3 is 0 Å². The molecule has 0 radical (unpaired) electrons. The third-order valence-electron chi connectivity index (χ3n) is 2.73. The Kier molecular flexibility index (Phi) is 3.44. The average Bonchev–Trinajstić information content (AvgIpc) is 2.50. The highest BCUT2D eigenvalue weighted by atomic mass is 32.2. The van der Waals surface area contributed by atoms with Crippen molar-refractivity contribution in [3.8, 4) is 0 Å². The van der Waals surface area contributed by atoms with E-state index in [1.807, 2.05) is 23.7 Å². The van der Waals surface area contributed by atoms with Gasteiger partial charge in [-0.2, -0.15) is 11.8 Å². The maximum atomic E-state index is 11.0. The highest BCUT2D eigenvalue weighted by Crippen LogP contribution is 2.30. The number of nitrogens with zero attached hydrogens (tertiary/aromatic N) is 1. The summed E-state index contributed by atoms with van der Waals surface area (Å²) in [6, 6.07) is 0.500. The van der Waals surface area contributed by atoms with Crippen molar-refractivity contribution in [1.82, 2.24) is 4.90 Å². The van der Waals surface area contributed by atoms with E-state index in [1.54, 1.807) is 6.92 Å². The molecule has 2 atom stereocenters. The van der Waals surface area contributed by atoms with Crippen molar-refractivity contribution >= 4 is 17.7 Å². The maximum Gasteiger partial charge on any atom is 0.219 e. The van der Waals surface area contributed by atoms with Crippen LogP contribution in [0.2, 0.25) is 0 Å². The number of amides is 1. The Bertz CT molecular complexity index is 172. The summed E-state index contributed by atoms with van der Waals surface area (Å²) in [6.45, 7) is 1.65. The van der Waals surface area contributed by atoms with E-state index in [4.69, 9.17) is 0 Å². The molecule has 1 fully saturated rings. The van der Waals surface area contributed by atoms with E-state index in [2.05, 4.69) is 6.26 Å². The molecular weight excluding hydrogens is 170 g/mol. The van der Waals surface area contributed by atoms with Gasteiger partial charge in [0.05, 0.1) is 0 Å². The van der Waals surface area contributed by atoms with Crippen molar-refractivity contribution in [2.24, 2.45) is 0 Å². The highest BCUT2D eigenvalue weighted by Gasteiger charge is 2.27. The smallest absolute Gasteiger partial charge is 0.219 e. The Balaban J connectivity index is 2.41. The molecule has 2 unspecified atom stereocenters. The first kappa shape index (κ1) is 9.90. The van der Waals surface area contributed by atoms with Gasteiger partial charge in [-0.25, -0.2) is 0 Å². The monoisotopic (exact) mass is 187 g/mol. The van der Waals surface area contributed by atoms with Gasteiger partial charge in [0.1, 0.15) is 0 Å². The van der Waals surface area contributed by atoms with Crippen LogP contribution in [0.5, 0.6) is 0 Å². The third kappa shape index (κ3) is 2.16. The second kappa shape index (κ2) is 4.17. The van der Waals surface area contributed by atoms with Crippen LogP contribution in [0.1, 0.15) is 26.2 Å². The van der Waals surface area contributed by atoms with Crippen LogP contribution in [0.4, 0.5) is 0 Å². The van der Waals surface area contributed by atoms with Crippen LogP contribution < -0.4 is 0 Å². The number of rotatable bonds is 2. The third-order valence-corrected chi connectivity index (χ3v) is 3.83. The Labute approximate surface area is 78.7 Å². The van der Waals surface area contributed by atoms with Gasteiger partial charge < -0.3 is 4.90 Å². The van der Waals surface area contributed by atoms with Crippen LogP contribution in [-0.2, 0) is 4.79 Å². The molecule has 3 heteroatoms. The Morgan fingerprint density at radius 3 is 2.58 bits per heavy atom. The number of hydrogen-bond donors (Lipinski definition) is 0. The quantitative estimate of drug-likeness (QED) is 0.656. The molecule has 0 bridgehead atoms. The number of carbonyl (C=O) groups is 1. The fourth-order valence-electron chi connectivity index (χ4n) is 1.74. The summed E-state index contributed by atoms with van der Waals surface area (Å²) < 4.78 is 0. The molecule has 2 nitrogen and oxygen atoms in total. The molecule has 0 N–H and O–H groups in total. The van der Waals surface area contributed by atoms with Gasteiger partial charge in [0.15, 0.2) is 0 Å². The minimum Gasteiger partial charge on any atom is -0.343 e. The predicted molar refractivity (Wildman–Crippen MR) is 53.4 cm³/mol. The van der Waals surface area contributed by atoms with Gasteiger partial charge in [0, 0.05) is 25.3 Å². The first-order chi connectivity index (χ1) is 5.65. The van der Waals surface area contributed by atoms with Gasteiger partial charge in [0.2, 0.25) is 5.91 Å². The van der Waals surface area contributed by atoms with E-state index in [9.17, 15) is 4.79 Å². The molecule has 1 rings (SSSR count). The van der Waals surface area contributed by atoms with Crippen molar-refractivity contribution in [1.29, 1.82) is 0 Å². The molecule has 1 saturated carbocycles. The molecule has 12 heavy (non-hydrogen) atoms. The fourth-order valence-corrected chi connectivity index (χ4v) is 2.53. The number of thioether (sulfide) groups is 1. The molecule has 0 heterocycles. The SMILES string of the molecule is CSC1CCC(N(C)C(C)=O)C1. The molecule has 1 aliphatic rings. The Hall–Kier alpha value is -0.180. The van der Waals surface area contributed by atoms with Crippen molar-refractivity contribution in [2.45, 2.75) is 37.5 Å². The molecule has 1 aliphatic carbocycles. The van der Waals surface area contributed by atoms with Crippen LogP contribution in [0.3, 0.4) is 0 Å². The van der Waals surface area contributed by atoms with Gasteiger partial charge in [-0.1, -0.05) is 0 Å². The van der Waals surface area contributed by atoms with E-state index in [0.717, 1.165) is 5.25 Å². The van der Waals surface area contributed by atoms with Crippen molar-refractivity contribution < 1.29 is 4.79 Å². The van der Waals surface area contributed by atoms with Crippen LogP contribution in [0, 0.1) is 0 Å². The molecular formula is C9H17NOS. The Morgan fingerprint density at radius 2 is 2.17 bits per heavy atom. The van der Waals surface area contributed by atoms with E-state index in [-0.39, 0.29) is 5.91 Å². The first-order valence-electron chi connectivity index (χ1n) is 4.41. The molecule has 0 aliphatic heterocycles. The summed E-state index contributed by atoms with van der Waals surface area (Å²) in [5.41, 5.74) is 0. The molecule has 0 aromatic carbocycles. The zero-order valence-corrected chi connectivity index (χ0v) is 8.86. The number of hydrogen-bond acceptors (Lipinski definition) is 2. The van der Waals surface area contributed by atoms with Crippen LogP contribution in [0.15, 0.2) is 0 Å². The van der Waals surface area contributed by atoms with E-state index in [0.29, 0.717) is 6.04 Å². The summed E-state index contributed by atoms with van der Waals surface area (Å²) in [4.78, 5) is 12.9.